The highest BCUT2D eigenvalue weighted by Crippen LogP contribution is 2.21. The molecule has 0 atom stereocenters. The van der Waals surface area contributed by atoms with E-state index in [-0.39, 0.29) is 17.8 Å². The summed E-state index contributed by atoms with van der Waals surface area (Å²) < 4.78 is 1.62. The molecule has 0 radical (unpaired) electrons. The number of halogens is 2. The van der Waals surface area contributed by atoms with E-state index in [9.17, 15) is 9.59 Å². The molecule has 0 unspecified atom stereocenters. The fourth-order valence-corrected chi connectivity index (χ4v) is 2.03. The second kappa shape index (κ2) is 5.38. The smallest absolute Gasteiger partial charge is 0.183 e. The molecule has 18 heavy (non-hydrogen) atoms. The number of aromatic nitrogens is 1. The molecule has 0 fully saturated rings. The summed E-state index contributed by atoms with van der Waals surface area (Å²) in [6.07, 6.45) is 3.12. The van der Waals surface area contributed by atoms with Crippen LogP contribution in [0.3, 0.4) is 0 Å². The van der Waals surface area contributed by atoms with Crippen molar-refractivity contribution in [2.45, 2.75) is 6.54 Å². The molecule has 0 aliphatic carbocycles. The summed E-state index contributed by atoms with van der Waals surface area (Å²) in [6.45, 7) is 0.127. The van der Waals surface area contributed by atoms with Gasteiger partial charge in [0.15, 0.2) is 11.2 Å². The van der Waals surface area contributed by atoms with Gasteiger partial charge in [0.25, 0.3) is 0 Å². The van der Waals surface area contributed by atoms with E-state index in [0.717, 1.165) is 0 Å². The zero-order valence-corrected chi connectivity index (χ0v) is 10.8. The lowest BCUT2D eigenvalue weighted by atomic mass is 10.1. The molecule has 0 saturated carbocycles. The molecule has 0 bridgehead atoms. The first-order valence-corrected chi connectivity index (χ1v) is 5.96. The summed E-state index contributed by atoms with van der Waals surface area (Å²) in [5.41, 5.74) is 0.322. The molecule has 5 heteroatoms. The van der Waals surface area contributed by atoms with E-state index in [1.165, 1.54) is 18.2 Å². The number of carbonyl (C=O) groups excluding carboxylic acids is 1. The summed E-state index contributed by atoms with van der Waals surface area (Å²) in [6, 6.07) is 7.54. The van der Waals surface area contributed by atoms with Crippen LogP contribution in [0.5, 0.6) is 0 Å². The third kappa shape index (κ3) is 3.00. The Hall–Kier alpha value is -1.58. The van der Waals surface area contributed by atoms with Crippen LogP contribution in [0.4, 0.5) is 0 Å². The summed E-state index contributed by atoms with van der Waals surface area (Å²) in [5, 5.41) is 0.813. The first kappa shape index (κ1) is 12.9. The third-order valence-electron chi connectivity index (χ3n) is 2.42. The van der Waals surface area contributed by atoms with Crippen molar-refractivity contribution < 1.29 is 4.79 Å². The van der Waals surface area contributed by atoms with Gasteiger partial charge in [-0.1, -0.05) is 23.2 Å². The molecule has 2 rings (SSSR count). The fraction of sp³-hybridized carbons (Fsp3) is 0.0769. The van der Waals surface area contributed by atoms with Crippen molar-refractivity contribution in [1.82, 2.24) is 4.57 Å². The van der Waals surface area contributed by atoms with Crippen LogP contribution in [-0.4, -0.2) is 10.4 Å². The van der Waals surface area contributed by atoms with E-state index >= 15 is 0 Å². The highest BCUT2D eigenvalue weighted by Gasteiger charge is 2.10. The van der Waals surface area contributed by atoms with Gasteiger partial charge in [-0.3, -0.25) is 9.59 Å². The Labute approximate surface area is 114 Å². The van der Waals surface area contributed by atoms with Crippen molar-refractivity contribution >= 4 is 29.0 Å². The summed E-state index contributed by atoms with van der Waals surface area (Å²) in [7, 11) is 0. The van der Waals surface area contributed by atoms with Gasteiger partial charge >= 0.3 is 0 Å². The highest BCUT2D eigenvalue weighted by atomic mass is 35.5. The summed E-state index contributed by atoms with van der Waals surface area (Å²) >= 11 is 11.7. The van der Waals surface area contributed by atoms with Gasteiger partial charge in [0, 0.05) is 35.1 Å². The molecular formula is C13H9Cl2NO2. The molecule has 2 aromatic rings. The predicted molar refractivity (Wildman–Crippen MR) is 71.5 cm³/mol. The lowest BCUT2D eigenvalue weighted by Crippen LogP contribution is -2.12. The van der Waals surface area contributed by atoms with E-state index in [1.807, 2.05) is 0 Å². The maximum Gasteiger partial charge on any atom is 0.183 e. The Kier molecular flexibility index (Phi) is 3.84. The number of hydrogen-bond acceptors (Lipinski definition) is 2. The minimum Gasteiger partial charge on any atom is -0.346 e. The summed E-state index contributed by atoms with van der Waals surface area (Å²) in [5.74, 6) is -0.139. The molecular weight excluding hydrogens is 273 g/mol. The molecule has 3 nitrogen and oxygen atoms in total. The third-order valence-corrected chi connectivity index (χ3v) is 2.97. The number of nitrogens with zero attached hydrogens (tertiary/aromatic N) is 1. The average molecular weight is 282 g/mol. The van der Waals surface area contributed by atoms with Gasteiger partial charge in [-0.2, -0.15) is 0 Å². The fourth-order valence-electron chi connectivity index (χ4n) is 1.52. The molecule has 0 aliphatic heterocycles. The minimum absolute atomic E-state index is 0.0942. The number of hydrogen-bond donors (Lipinski definition) is 0. The van der Waals surface area contributed by atoms with E-state index in [4.69, 9.17) is 23.2 Å². The first-order chi connectivity index (χ1) is 8.56. The van der Waals surface area contributed by atoms with Gasteiger partial charge in [-0.15, -0.1) is 0 Å². The minimum atomic E-state index is -0.139. The second-order valence-electron chi connectivity index (χ2n) is 3.75. The van der Waals surface area contributed by atoms with Gasteiger partial charge < -0.3 is 4.57 Å². The topological polar surface area (TPSA) is 39.1 Å². The monoisotopic (exact) mass is 281 g/mol. The first-order valence-electron chi connectivity index (χ1n) is 5.20. The quantitative estimate of drug-likeness (QED) is 0.812. The molecule has 0 spiro atoms. The van der Waals surface area contributed by atoms with Crippen molar-refractivity contribution in [2.75, 3.05) is 0 Å². The maximum absolute atomic E-state index is 12.0. The Morgan fingerprint density at radius 3 is 2.39 bits per heavy atom. The molecule has 1 aromatic heterocycles. The Balaban J connectivity index is 2.22. The van der Waals surface area contributed by atoms with E-state index in [2.05, 4.69) is 0 Å². The van der Waals surface area contributed by atoms with Crippen LogP contribution in [-0.2, 0) is 6.54 Å². The van der Waals surface area contributed by atoms with Crippen molar-refractivity contribution in [3.63, 3.8) is 0 Å². The van der Waals surface area contributed by atoms with Gasteiger partial charge in [0.1, 0.15) is 0 Å². The van der Waals surface area contributed by atoms with E-state index < -0.39 is 0 Å². The van der Waals surface area contributed by atoms with Crippen molar-refractivity contribution in [1.29, 1.82) is 0 Å². The zero-order valence-electron chi connectivity index (χ0n) is 9.27. The number of pyridine rings is 1. The Morgan fingerprint density at radius 2 is 1.78 bits per heavy atom. The zero-order chi connectivity index (χ0) is 13.1. The van der Waals surface area contributed by atoms with Crippen LogP contribution in [0.1, 0.15) is 10.4 Å². The molecule has 0 aliphatic rings. The number of carbonyl (C=O) groups is 1. The Bertz CT molecular complexity index is 629. The van der Waals surface area contributed by atoms with E-state index in [0.29, 0.717) is 15.6 Å². The van der Waals surface area contributed by atoms with Crippen LogP contribution in [0, 0.1) is 0 Å². The summed E-state index contributed by atoms with van der Waals surface area (Å²) in [4.78, 5) is 22.9. The molecule has 1 aromatic carbocycles. The number of rotatable bonds is 3. The highest BCUT2D eigenvalue weighted by molar-refractivity contribution is 6.36. The number of ketones is 1. The molecule has 0 saturated heterocycles. The van der Waals surface area contributed by atoms with Crippen LogP contribution in [0.2, 0.25) is 10.0 Å². The van der Waals surface area contributed by atoms with Crippen LogP contribution >= 0.6 is 23.2 Å². The number of benzene rings is 1. The van der Waals surface area contributed by atoms with Crippen molar-refractivity contribution in [3.05, 3.63) is 68.6 Å². The van der Waals surface area contributed by atoms with Crippen LogP contribution < -0.4 is 5.43 Å². The lowest BCUT2D eigenvalue weighted by Gasteiger charge is -2.06. The maximum atomic E-state index is 12.0. The molecule has 92 valence electrons. The SMILES string of the molecule is O=C(Cn1ccc(=O)cc1)c1ccc(Cl)cc1Cl. The standard InChI is InChI=1S/C13H9Cl2NO2/c14-9-1-2-11(12(15)7-9)13(18)8-16-5-3-10(17)4-6-16/h1-7H,8H2. The van der Waals surface area contributed by atoms with Gasteiger partial charge in [-0.25, -0.2) is 0 Å². The Morgan fingerprint density at radius 1 is 1.11 bits per heavy atom. The van der Waals surface area contributed by atoms with Crippen LogP contribution in [0.15, 0.2) is 47.5 Å². The van der Waals surface area contributed by atoms with Gasteiger partial charge in [-0.05, 0) is 18.2 Å². The van der Waals surface area contributed by atoms with Gasteiger partial charge in [0.05, 0.1) is 11.6 Å². The lowest BCUT2D eigenvalue weighted by molar-refractivity contribution is 0.0972. The normalized spacial score (nSPS) is 10.3. The average Bonchev–Trinajstić information content (AvgIpc) is 2.32. The van der Waals surface area contributed by atoms with Crippen LogP contribution in [0.25, 0.3) is 0 Å². The number of Topliss-reactive ketones (excluding diaryl/α,β-unsaturated/α-hetero) is 1. The van der Waals surface area contributed by atoms with Crippen molar-refractivity contribution in [3.8, 4) is 0 Å². The predicted octanol–water partition coefficient (Wildman–Crippen LogP) is 3.04. The second-order valence-corrected chi connectivity index (χ2v) is 4.60. The molecule has 0 N–H and O–H groups in total. The molecule has 0 amide bonds. The largest absolute Gasteiger partial charge is 0.346 e. The van der Waals surface area contributed by atoms with Crippen molar-refractivity contribution in [2.24, 2.45) is 0 Å². The molecule has 1 heterocycles. The van der Waals surface area contributed by atoms with Gasteiger partial charge in [0.2, 0.25) is 0 Å². The van der Waals surface area contributed by atoms with E-state index in [1.54, 1.807) is 29.1 Å².